The van der Waals surface area contributed by atoms with Crippen molar-refractivity contribution in [2.75, 3.05) is 0 Å². The maximum Gasteiger partial charge on any atom is 0.258 e. The Kier molecular flexibility index (Phi) is 2.05. The molecule has 2 aromatic rings. The summed E-state index contributed by atoms with van der Waals surface area (Å²) < 4.78 is 0. The van der Waals surface area contributed by atoms with E-state index in [2.05, 4.69) is 20.1 Å². The highest BCUT2D eigenvalue weighted by atomic mass is 16.1. The second-order valence-corrected chi connectivity index (χ2v) is 2.83. The number of nitrogens with one attached hydrogen (secondary N) is 1. The van der Waals surface area contributed by atoms with Crippen molar-refractivity contribution in [1.82, 2.24) is 15.0 Å². The smallest absolute Gasteiger partial charge is 0.258 e. The lowest BCUT2D eigenvalue weighted by Crippen LogP contribution is -2.18. The summed E-state index contributed by atoms with van der Waals surface area (Å²) in [7, 11) is 0. The number of fused-ring (bicyclic) bond motifs is 1. The molecule has 0 saturated heterocycles. The summed E-state index contributed by atoms with van der Waals surface area (Å²) in [6.07, 6.45) is 2.75. The molecule has 2 aromatic heterocycles. The molecule has 5 N–H and O–H groups in total. The van der Waals surface area contributed by atoms with Crippen LogP contribution in [0.4, 0.5) is 0 Å². The molecule has 0 radical (unpaired) electrons. The highest BCUT2D eigenvalue weighted by Gasteiger charge is 2.04. The van der Waals surface area contributed by atoms with E-state index in [4.69, 9.17) is 11.6 Å². The number of pyridine rings is 1. The Morgan fingerprint density at radius 1 is 1.47 bits per heavy atom. The molecule has 2 rings (SSSR count). The molecule has 0 saturated carbocycles. The first-order valence-corrected chi connectivity index (χ1v) is 4.09. The maximum absolute atomic E-state index is 11.4. The Labute approximate surface area is 83.8 Å². The number of hydrazone groups is 1. The van der Waals surface area contributed by atoms with Gasteiger partial charge in [0, 0.05) is 0 Å². The van der Waals surface area contributed by atoms with E-state index in [0.29, 0.717) is 16.6 Å². The molecule has 7 nitrogen and oxygen atoms in total. The summed E-state index contributed by atoms with van der Waals surface area (Å²) in [5.41, 5.74) is 6.05. The fourth-order valence-corrected chi connectivity index (χ4v) is 1.18. The highest BCUT2D eigenvalue weighted by molar-refractivity contribution is 5.98. The molecular formula is C8H8N6O. The van der Waals surface area contributed by atoms with Crippen LogP contribution in [0, 0.1) is 0 Å². The Hall–Kier alpha value is -2.44. The maximum atomic E-state index is 11.4. The first-order valence-electron chi connectivity index (χ1n) is 4.09. The van der Waals surface area contributed by atoms with Gasteiger partial charge in [-0.15, -0.1) is 0 Å². The third-order valence-electron chi connectivity index (χ3n) is 1.93. The summed E-state index contributed by atoms with van der Waals surface area (Å²) in [6.45, 7) is 0. The van der Waals surface area contributed by atoms with Crippen LogP contribution in [-0.2, 0) is 0 Å². The van der Waals surface area contributed by atoms with Crippen LogP contribution < -0.4 is 17.1 Å². The van der Waals surface area contributed by atoms with E-state index in [-0.39, 0.29) is 11.4 Å². The molecule has 0 aliphatic rings. The van der Waals surface area contributed by atoms with Crippen LogP contribution >= 0.6 is 0 Å². The average molecular weight is 204 g/mol. The zero-order valence-corrected chi connectivity index (χ0v) is 7.64. The van der Waals surface area contributed by atoms with Gasteiger partial charge in [-0.3, -0.25) is 9.78 Å². The fourth-order valence-electron chi connectivity index (χ4n) is 1.18. The minimum atomic E-state index is -0.256. The van der Waals surface area contributed by atoms with Crippen LogP contribution in [0.2, 0.25) is 0 Å². The quantitative estimate of drug-likeness (QED) is 0.235. The van der Waals surface area contributed by atoms with E-state index in [0.717, 1.165) is 0 Å². The molecule has 15 heavy (non-hydrogen) atoms. The van der Waals surface area contributed by atoms with Crippen LogP contribution in [-0.4, -0.2) is 20.8 Å². The number of rotatable bonds is 1. The van der Waals surface area contributed by atoms with Crippen molar-refractivity contribution in [1.29, 1.82) is 0 Å². The minimum Gasteiger partial charge on any atom is -0.380 e. The lowest BCUT2D eigenvalue weighted by Gasteiger charge is -1.99. The van der Waals surface area contributed by atoms with Crippen molar-refractivity contribution in [2.45, 2.75) is 0 Å². The molecule has 0 aliphatic carbocycles. The third-order valence-corrected chi connectivity index (χ3v) is 1.93. The van der Waals surface area contributed by atoms with Gasteiger partial charge in [0.25, 0.3) is 5.56 Å². The predicted molar refractivity (Wildman–Crippen MR) is 55.1 cm³/mol. The van der Waals surface area contributed by atoms with Crippen molar-refractivity contribution in [3.05, 3.63) is 34.6 Å². The number of hydrogen-bond donors (Lipinski definition) is 3. The van der Waals surface area contributed by atoms with Crippen LogP contribution in [0.1, 0.15) is 5.69 Å². The minimum absolute atomic E-state index is 0.0696. The number of nitrogens with two attached hydrogens (primary N) is 2. The molecule has 2 heterocycles. The molecule has 0 spiro atoms. The second kappa shape index (κ2) is 3.37. The standard InChI is InChI=1S/C8H8N6O/c9-7(14-10)5-1-4-6(2-11-5)12-3-13-8(4)15/h1-3H,10H2,(H2,9,14)(H,12,13,15). The molecule has 76 valence electrons. The summed E-state index contributed by atoms with van der Waals surface area (Å²) >= 11 is 0. The average Bonchev–Trinajstić information content (AvgIpc) is 2.28. The molecule has 0 bridgehead atoms. The number of hydrogen-bond acceptors (Lipinski definition) is 5. The van der Waals surface area contributed by atoms with Crippen molar-refractivity contribution in [2.24, 2.45) is 16.7 Å². The van der Waals surface area contributed by atoms with E-state index in [1.54, 1.807) is 0 Å². The monoisotopic (exact) mass is 204 g/mol. The molecule has 0 amide bonds. The Morgan fingerprint density at radius 3 is 3.00 bits per heavy atom. The SMILES string of the molecule is N/N=C(\N)c1cc2c(=O)[nH]cnc2cn1. The number of aromatic amines is 1. The number of amidine groups is 1. The van der Waals surface area contributed by atoms with Gasteiger partial charge in [0.1, 0.15) is 5.69 Å². The number of aromatic nitrogens is 3. The Morgan fingerprint density at radius 2 is 2.27 bits per heavy atom. The lowest BCUT2D eigenvalue weighted by molar-refractivity contribution is 1.15. The molecular weight excluding hydrogens is 196 g/mol. The molecule has 7 heteroatoms. The summed E-state index contributed by atoms with van der Waals surface area (Å²) in [5.74, 6) is 5.08. The van der Waals surface area contributed by atoms with Crippen molar-refractivity contribution >= 4 is 16.7 Å². The van der Waals surface area contributed by atoms with E-state index in [1.165, 1.54) is 18.6 Å². The number of nitrogens with zero attached hydrogens (tertiary/aromatic N) is 3. The summed E-state index contributed by atoms with van der Waals surface area (Å²) in [4.78, 5) is 21.8. The zero-order valence-electron chi connectivity index (χ0n) is 7.64. The molecule has 0 unspecified atom stereocenters. The van der Waals surface area contributed by atoms with Crippen molar-refractivity contribution in [3.8, 4) is 0 Å². The van der Waals surface area contributed by atoms with Crippen LogP contribution in [0.25, 0.3) is 10.9 Å². The van der Waals surface area contributed by atoms with E-state index in [1.807, 2.05) is 0 Å². The molecule has 0 aromatic carbocycles. The normalized spacial score (nSPS) is 11.9. The fraction of sp³-hybridized carbons (Fsp3) is 0. The molecule has 0 atom stereocenters. The van der Waals surface area contributed by atoms with E-state index in [9.17, 15) is 4.79 Å². The van der Waals surface area contributed by atoms with Gasteiger partial charge in [0.2, 0.25) is 0 Å². The highest BCUT2D eigenvalue weighted by Crippen LogP contribution is 2.05. The van der Waals surface area contributed by atoms with Gasteiger partial charge in [0.05, 0.1) is 23.4 Å². The van der Waals surface area contributed by atoms with Gasteiger partial charge in [0.15, 0.2) is 5.84 Å². The van der Waals surface area contributed by atoms with Crippen molar-refractivity contribution < 1.29 is 0 Å². The predicted octanol–water partition coefficient (Wildman–Crippen LogP) is -1.10. The molecule has 0 fully saturated rings. The van der Waals surface area contributed by atoms with Crippen LogP contribution in [0.3, 0.4) is 0 Å². The van der Waals surface area contributed by atoms with Crippen molar-refractivity contribution in [3.63, 3.8) is 0 Å². The van der Waals surface area contributed by atoms with E-state index >= 15 is 0 Å². The number of H-pyrrole nitrogens is 1. The molecule has 0 aliphatic heterocycles. The third kappa shape index (κ3) is 1.50. The largest absolute Gasteiger partial charge is 0.380 e. The topological polar surface area (TPSA) is 123 Å². The first kappa shape index (κ1) is 9.13. The van der Waals surface area contributed by atoms with Crippen LogP contribution in [0.5, 0.6) is 0 Å². The van der Waals surface area contributed by atoms with Gasteiger partial charge < -0.3 is 16.6 Å². The first-order chi connectivity index (χ1) is 7.22. The van der Waals surface area contributed by atoms with Gasteiger partial charge in [-0.1, -0.05) is 0 Å². The Balaban J connectivity index is 2.76. The Bertz CT molecular complexity index is 587. The summed E-state index contributed by atoms with van der Waals surface area (Å²) in [5, 5.41) is 3.69. The van der Waals surface area contributed by atoms with E-state index < -0.39 is 0 Å². The van der Waals surface area contributed by atoms with Gasteiger partial charge >= 0.3 is 0 Å². The van der Waals surface area contributed by atoms with Gasteiger partial charge in [-0.2, -0.15) is 5.10 Å². The van der Waals surface area contributed by atoms with Crippen LogP contribution in [0.15, 0.2) is 28.5 Å². The summed E-state index contributed by atoms with van der Waals surface area (Å²) in [6, 6.07) is 1.49. The van der Waals surface area contributed by atoms with Gasteiger partial charge in [-0.05, 0) is 6.07 Å². The lowest BCUT2D eigenvalue weighted by atomic mass is 10.2. The second-order valence-electron chi connectivity index (χ2n) is 2.83. The zero-order chi connectivity index (χ0) is 10.8. The van der Waals surface area contributed by atoms with Gasteiger partial charge in [-0.25, -0.2) is 4.98 Å².